The fraction of sp³-hybridized carbons (Fsp3) is 0.481. The van der Waals surface area contributed by atoms with Gasteiger partial charge in [-0.15, -0.1) is 0 Å². The highest BCUT2D eigenvalue weighted by Crippen LogP contribution is 2.30. The van der Waals surface area contributed by atoms with E-state index >= 15 is 0 Å². The topological polar surface area (TPSA) is 79.3 Å². The molecule has 1 saturated heterocycles. The van der Waals surface area contributed by atoms with Crippen molar-refractivity contribution in [2.75, 3.05) is 48.9 Å². The van der Waals surface area contributed by atoms with Crippen LogP contribution in [0, 0.1) is 6.92 Å². The SMILES string of the molecule is CCOC1CN(c2ccccn2)CC1Nc1nc(CC)c(-c2cnc(N(C)C)cc2C)nc1CC. The predicted molar refractivity (Wildman–Crippen MR) is 142 cm³/mol. The van der Waals surface area contributed by atoms with Gasteiger partial charge in [-0.2, -0.15) is 0 Å². The maximum atomic E-state index is 6.12. The van der Waals surface area contributed by atoms with Gasteiger partial charge in [0, 0.05) is 51.7 Å². The number of hydrogen-bond acceptors (Lipinski definition) is 8. The molecule has 0 amide bonds. The van der Waals surface area contributed by atoms with Crippen molar-refractivity contribution in [2.45, 2.75) is 52.7 Å². The number of ether oxygens (including phenoxy) is 1. The molecule has 1 fully saturated rings. The fourth-order valence-electron chi connectivity index (χ4n) is 4.56. The Bertz CT molecular complexity index is 1140. The number of hydrogen-bond donors (Lipinski definition) is 1. The minimum atomic E-state index is 0.0447. The summed E-state index contributed by atoms with van der Waals surface area (Å²) in [6.45, 7) is 10.7. The highest BCUT2D eigenvalue weighted by molar-refractivity contribution is 5.68. The first-order chi connectivity index (χ1) is 16.9. The zero-order valence-electron chi connectivity index (χ0n) is 21.7. The van der Waals surface area contributed by atoms with E-state index in [0.717, 1.165) is 71.6 Å². The van der Waals surface area contributed by atoms with Gasteiger partial charge in [-0.05, 0) is 50.5 Å². The molecule has 0 spiro atoms. The van der Waals surface area contributed by atoms with E-state index in [4.69, 9.17) is 14.7 Å². The predicted octanol–water partition coefficient (Wildman–Crippen LogP) is 4.14. The molecular weight excluding hydrogens is 438 g/mol. The molecule has 0 radical (unpaired) electrons. The van der Waals surface area contributed by atoms with Gasteiger partial charge in [0.25, 0.3) is 0 Å². The molecule has 1 N–H and O–H groups in total. The molecule has 0 bridgehead atoms. The number of aryl methyl sites for hydroxylation is 3. The van der Waals surface area contributed by atoms with E-state index in [-0.39, 0.29) is 12.1 Å². The van der Waals surface area contributed by atoms with Crippen LogP contribution in [0.2, 0.25) is 0 Å². The molecule has 0 aliphatic carbocycles. The molecule has 0 saturated carbocycles. The van der Waals surface area contributed by atoms with Crippen molar-refractivity contribution >= 4 is 17.5 Å². The molecular formula is C27H37N7O. The van der Waals surface area contributed by atoms with E-state index in [9.17, 15) is 0 Å². The summed E-state index contributed by atoms with van der Waals surface area (Å²) < 4.78 is 6.12. The van der Waals surface area contributed by atoms with Crippen LogP contribution < -0.4 is 15.1 Å². The van der Waals surface area contributed by atoms with Crippen molar-refractivity contribution in [2.24, 2.45) is 0 Å². The highest BCUT2D eigenvalue weighted by atomic mass is 16.5. The average Bonchev–Trinajstić information content (AvgIpc) is 3.26. The molecule has 186 valence electrons. The summed E-state index contributed by atoms with van der Waals surface area (Å²) in [6, 6.07) is 8.20. The number of rotatable bonds is 9. The normalized spacial score (nSPS) is 17.6. The van der Waals surface area contributed by atoms with Crippen molar-refractivity contribution in [3.05, 3.63) is 53.6 Å². The third kappa shape index (κ3) is 5.37. The smallest absolute Gasteiger partial charge is 0.148 e. The van der Waals surface area contributed by atoms with Crippen LogP contribution in [0.5, 0.6) is 0 Å². The van der Waals surface area contributed by atoms with Gasteiger partial charge < -0.3 is 19.9 Å². The molecule has 2 unspecified atom stereocenters. The van der Waals surface area contributed by atoms with Crippen molar-refractivity contribution in [3.63, 3.8) is 0 Å². The van der Waals surface area contributed by atoms with Gasteiger partial charge in [-0.3, -0.25) is 0 Å². The minimum Gasteiger partial charge on any atom is -0.374 e. The lowest BCUT2D eigenvalue weighted by Crippen LogP contribution is -2.35. The lowest BCUT2D eigenvalue weighted by molar-refractivity contribution is 0.0719. The Balaban J connectivity index is 1.65. The maximum Gasteiger partial charge on any atom is 0.148 e. The second-order valence-corrected chi connectivity index (χ2v) is 9.11. The van der Waals surface area contributed by atoms with E-state index in [0.29, 0.717) is 6.61 Å². The van der Waals surface area contributed by atoms with Crippen molar-refractivity contribution in [3.8, 4) is 11.3 Å². The van der Waals surface area contributed by atoms with E-state index < -0.39 is 0 Å². The minimum absolute atomic E-state index is 0.0447. The second kappa shape index (κ2) is 11.0. The van der Waals surface area contributed by atoms with Gasteiger partial charge >= 0.3 is 0 Å². The number of nitrogens with zero attached hydrogens (tertiary/aromatic N) is 6. The quantitative estimate of drug-likeness (QED) is 0.495. The van der Waals surface area contributed by atoms with Crippen LogP contribution in [-0.4, -0.2) is 65.9 Å². The molecule has 8 nitrogen and oxygen atoms in total. The first-order valence-electron chi connectivity index (χ1n) is 12.5. The van der Waals surface area contributed by atoms with Gasteiger partial charge in [-0.1, -0.05) is 19.9 Å². The molecule has 2 atom stereocenters. The summed E-state index contributed by atoms with van der Waals surface area (Å²) in [4.78, 5) is 23.7. The van der Waals surface area contributed by atoms with Crippen molar-refractivity contribution in [1.82, 2.24) is 19.9 Å². The number of nitrogens with one attached hydrogen (secondary N) is 1. The third-order valence-electron chi connectivity index (χ3n) is 6.46. The van der Waals surface area contributed by atoms with Crippen LogP contribution >= 0.6 is 0 Å². The summed E-state index contributed by atoms with van der Waals surface area (Å²) in [7, 11) is 4.00. The van der Waals surface area contributed by atoms with Crippen LogP contribution in [0.25, 0.3) is 11.3 Å². The molecule has 1 aliphatic rings. The molecule has 3 aromatic heterocycles. The first-order valence-corrected chi connectivity index (χ1v) is 12.5. The van der Waals surface area contributed by atoms with E-state index in [1.54, 1.807) is 0 Å². The average molecular weight is 476 g/mol. The van der Waals surface area contributed by atoms with Crippen LogP contribution in [0.15, 0.2) is 36.7 Å². The van der Waals surface area contributed by atoms with Gasteiger partial charge in [0.05, 0.1) is 29.2 Å². The first kappa shape index (κ1) is 24.9. The van der Waals surface area contributed by atoms with Crippen LogP contribution in [0.4, 0.5) is 17.5 Å². The van der Waals surface area contributed by atoms with Crippen molar-refractivity contribution in [1.29, 1.82) is 0 Å². The monoisotopic (exact) mass is 475 g/mol. The number of pyridine rings is 2. The van der Waals surface area contributed by atoms with Crippen LogP contribution in [-0.2, 0) is 17.6 Å². The Morgan fingerprint density at radius 1 is 1.06 bits per heavy atom. The van der Waals surface area contributed by atoms with E-state index in [1.807, 2.05) is 56.5 Å². The van der Waals surface area contributed by atoms with E-state index in [2.05, 4.69) is 47.0 Å². The Kier molecular flexibility index (Phi) is 7.80. The summed E-state index contributed by atoms with van der Waals surface area (Å²) in [5, 5.41) is 3.70. The Labute approximate surface area is 208 Å². The zero-order valence-corrected chi connectivity index (χ0v) is 21.7. The number of aromatic nitrogens is 4. The van der Waals surface area contributed by atoms with Crippen LogP contribution in [0.3, 0.4) is 0 Å². The molecule has 0 aromatic carbocycles. The summed E-state index contributed by atoms with van der Waals surface area (Å²) in [6.07, 6.45) is 5.37. The van der Waals surface area contributed by atoms with Gasteiger partial charge in [-0.25, -0.2) is 19.9 Å². The summed E-state index contributed by atoms with van der Waals surface area (Å²) >= 11 is 0. The van der Waals surface area contributed by atoms with E-state index in [1.165, 1.54) is 0 Å². The third-order valence-corrected chi connectivity index (χ3v) is 6.46. The molecule has 1 aliphatic heterocycles. The highest BCUT2D eigenvalue weighted by Gasteiger charge is 2.35. The van der Waals surface area contributed by atoms with Gasteiger partial charge in [0.2, 0.25) is 0 Å². The van der Waals surface area contributed by atoms with Gasteiger partial charge in [0.1, 0.15) is 17.5 Å². The van der Waals surface area contributed by atoms with Gasteiger partial charge in [0.15, 0.2) is 0 Å². The number of anilines is 3. The van der Waals surface area contributed by atoms with Crippen LogP contribution in [0.1, 0.15) is 37.7 Å². The molecule has 4 rings (SSSR count). The lowest BCUT2D eigenvalue weighted by Gasteiger charge is -2.22. The Morgan fingerprint density at radius 2 is 1.86 bits per heavy atom. The summed E-state index contributed by atoms with van der Waals surface area (Å²) in [5.74, 6) is 2.75. The molecule has 3 aromatic rings. The largest absolute Gasteiger partial charge is 0.374 e. The molecule has 35 heavy (non-hydrogen) atoms. The Morgan fingerprint density at radius 3 is 2.49 bits per heavy atom. The second-order valence-electron chi connectivity index (χ2n) is 9.11. The fourth-order valence-corrected chi connectivity index (χ4v) is 4.56. The maximum absolute atomic E-state index is 6.12. The molecule has 8 heteroatoms. The summed E-state index contributed by atoms with van der Waals surface area (Å²) in [5.41, 5.74) is 5.04. The van der Waals surface area contributed by atoms with Crippen molar-refractivity contribution < 1.29 is 4.74 Å². The Hall–Kier alpha value is -3.26. The lowest BCUT2D eigenvalue weighted by atomic mass is 10.0. The standard InChI is InChI=1S/C27H37N7O/c1-7-20-26(19-15-29-25(33(5)6)14-18(19)4)30-21(8-2)27(31-20)32-22-16-34(17-23(22)35-9-3)24-12-10-11-13-28-24/h10-15,22-23H,7-9,16-17H2,1-6H3,(H,31,32). The zero-order chi connectivity index (χ0) is 24.9. The molecule has 4 heterocycles.